The quantitative estimate of drug-likeness (QED) is 0.644. The Kier molecular flexibility index (Phi) is 4.62. The van der Waals surface area contributed by atoms with Crippen LogP contribution in [-0.2, 0) is 4.79 Å². The lowest BCUT2D eigenvalue weighted by atomic mass is 10.2. The first kappa shape index (κ1) is 16.8. The molecule has 8 nitrogen and oxygen atoms in total. The van der Waals surface area contributed by atoms with Gasteiger partial charge in [-0.3, -0.25) is 14.9 Å². The maximum atomic E-state index is 12.3. The SMILES string of the molecule is C[C@H](Oc1ccc(Cl)cc1[N+](=O)[O-])C(=O)Nc1ccc2c(c1)OCO2. The number of rotatable bonds is 5. The standard InChI is InChI=1S/C16H13ClN2O6/c1-9(25-13-4-2-10(17)6-12(13)19(21)22)16(20)18-11-3-5-14-15(7-11)24-8-23-14/h2-7,9H,8H2,1H3,(H,18,20)/t9-/m0/s1. The predicted molar refractivity (Wildman–Crippen MR) is 89.4 cm³/mol. The average Bonchev–Trinajstić information content (AvgIpc) is 3.03. The minimum atomic E-state index is -0.967. The molecule has 1 atom stereocenters. The smallest absolute Gasteiger partial charge is 0.312 e. The van der Waals surface area contributed by atoms with E-state index >= 15 is 0 Å². The molecule has 0 aliphatic carbocycles. The summed E-state index contributed by atoms with van der Waals surface area (Å²) < 4.78 is 15.9. The van der Waals surface area contributed by atoms with E-state index in [1.54, 1.807) is 18.2 Å². The molecule has 1 aliphatic heterocycles. The Bertz CT molecular complexity index is 841. The van der Waals surface area contributed by atoms with E-state index in [2.05, 4.69) is 5.32 Å². The Labute approximate surface area is 147 Å². The van der Waals surface area contributed by atoms with Gasteiger partial charge in [0.2, 0.25) is 6.79 Å². The molecule has 1 N–H and O–H groups in total. The van der Waals surface area contributed by atoms with Gasteiger partial charge in [-0.05, 0) is 31.2 Å². The van der Waals surface area contributed by atoms with Gasteiger partial charge in [0.25, 0.3) is 5.91 Å². The van der Waals surface area contributed by atoms with E-state index in [1.165, 1.54) is 25.1 Å². The summed E-state index contributed by atoms with van der Waals surface area (Å²) in [5.74, 6) is 0.615. The van der Waals surface area contributed by atoms with Crippen molar-refractivity contribution in [2.45, 2.75) is 13.0 Å². The molecular weight excluding hydrogens is 352 g/mol. The Hall–Kier alpha value is -3.00. The van der Waals surface area contributed by atoms with E-state index in [9.17, 15) is 14.9 Å². The van der Waals surface area contributed by atoms with Gasteiger partial charge in [-0.2, -0.15) is 0 Å². The number of amides is 1. The van der Waals surface area contributed by atoms with Crippen LogP contribution in [0.15, 0.2) is 36.4 Å². The van der Waals surface area contributed by atoms with E-state index in [-0.39, 0.29) is 23.3 Å². The number of anilines is 1. The molecule has 0 spiro atoms. The number of hydrogen-bond acceptors (Lipinski definition) is 6. The second kappa shape index (κ2) is 6.86. The van der Waals surface area contributed by atoms with Crippen molar-refractivity contribution in [1.29, 1.82) is 0 Å². The summed E-state index contributed by atoms with van der Waals surface area (Å²) >= 11 is 5.75. The first-order valence-corrected chi connectivity index (χ1v) is 7.63. The zero-order valence-corrected chi connectivity index (χ0v) is 13.8. The number of hydrogen-bond donors (Lipinski definition) is 1. The van der Waals surface area contributed by atoms with Gasteiger partial charge in [-0.25, -0.2) is 0 Å². The number of carbonyl (C=O) groups is 1. The van der Waals surface area contributed by atoms with Crippen LogP contribution in [0.1, 0.15) is 6.92 Å². The van der Waals surface area contributed by atoms with E-state index in [0.29, 0.717) is 17.2 Å². The van der Waals surface area contributed by atoms with Crippen LogP contribution in [0, 0.1) is 10.1 Å². The minimum Gasteiger partial charge on any atom is -0.474 e. The lowest BCUT2D eigenvalue weighted by molar-refractivity contribution is -0.386. The number of ether oxygens (including phenoxy) is 3. The number of nitrogens with one attached hydrogen (secondary N) is 1. The second-order valence-electron chi connectivity index (χ2n) is 5.19. The molecule has 2 aromatic rings. The van der Waals surface area contributed by atoms with E-state index in [0.717, 1.165) is 0 Å². The van der Waals surface area contributed by atoms with Gasteiger partial charge in [-0.1, -0.05) is 11.6 Å². The summed E-state index contributed by atoms with van der Waals surface area (Å²) in [4.78, 5) is 22.7. The molecule has 0 saturated heterocycles. The van der Waals surface area contributed by atoms with E-state index in [1.807, 2.05) is 0 Å². The lowest BCUT2D eigenvalue weighted by Crippen LogP contribution is -2.30. The van der Waals surface area contributed by atoms with Crippen LogP contribution in [0.3, 0.4) is 0 Å². The van der Waals surface area contributed by atoms with Crippen LogP contribution >= 0.6 is 11.6 Å². The molecule has 0 fully saturated rings. The van der Waals surface area contributed by atoms with Crippen molar-refractivity contribution in [3.05, 3.63) is 51.5 Å². The Balaban J connectivity index is 1.70. The van der Waals surface area contributed by atoms with Crippen LogP contribution < -0.4 is 19.5 Å². The van der Waals surface area contributed by atoms with Crippen LogP contribution in [0.4, 0.5) is 11.4 Å². The molecular formula is C16H13ClN2O6. The number of carbonyl (C=O) groups excluding carboxylic acids is 1. The highest BCUT2D eigenvalue weighted by atomic mass is 35.5. The third-order valence-electron chi connectivity index (χ3n) is 3.43. The fourth-order valence-corrected chi connectivity index (χ4v) is 2.36. The van der Waals surface area contributed by atoms with Gasteiger partial charge >= 0.3 is 5.69 Å². The van der Waals surface area contributed by atoms with Crippen LogP contribution in [0.5, 0.6) is 17.2 Å². The van der Waals surface area contributed by atoms with Crippen LogP contribution in [0.2, 0.25) is 5.02 Å². The molecule has 130 valence electrons. The topological polar surface area (TPSA) is 99.9 Å². The Morgan fingerprint density at radius 1 is 1.28 bits per heavy atom. The third kappa shape index (κ3) is 3.74. The Morgan fingerprint density at radius 3 is 2.80 bits per heavy atom. The van der Waals surface area contributed by atoms with Crippen LogP contribution in [-0.4, -0.2) is 23.7 Å². The first-order valence-electron chi connectivity index (χ1n) is 7.25. The summed E-state index contributed by atoms with van der Waals surface area (Å²) in [5.41, 5.74) is 0.186. The normalized spacial score (nSPS) is 13.2. The zero-order valence-electron chi connectivity index (χ0n) is 13.0. The molecule has 1 heterocycles. The fraction of sp³-hybridized carbons (Fsp3) is 0.188. The Morgan fingerprint density at radius 2 is 2.04 bits per heavy atom. The summed E-state index contributed by atoms with van der Waals surface area (Å²) in [7, 11) is 0. The number of benzene rings is 2. The fourth-order valence-electron chi connectivity index (χ4n) is 2.20. The molecule has 0 aromatic heterocycles. The summed E-state index contributed by atoms with van der Waals surface area (Å²) in [6.07, 6.45) is -0.967. The van der Waals surface area contributed by atoms with Crippen molar-refractivity contribution >= 4 is 28.9 Å². The second-order valence-corrected chi connectivity index (χ2v) is 5.62. The molecule has 0 bridgehead atoms. The number of halogens is 1. The number of fused-ring (bicyclic) bond motifs is 1. The van der Waals surface area contributed by atoms with Crippen molar-refractivity contribution in [2.75, 3.05) is 12.1 Å². The molecule has 9 heteroatoms. The molecule has 3 rings (SSSR count). The molecule has 1 aliphatic rings. The van der Waals surface area contributed by atoms with Gasteiger partial charge in [0.1, 0.15) is 0 Å². The molecule has 1 amide bonds. The highest BCUT2D eigenvalue weighted by molar-refractivity contribution is 6.30. The highest BCUT2D eigenvalue weighted by Gasteiger charge is 2.22. The monoisotopic (exact) mass is 364 g/mol. The van der Waals surface area contributed by atoms with Crippen molar-refractivity contribution in [1.82, 2.24) is 0 Å². The molecule has 2 aromatic carbocycles. The summed E-state index contributed by atoms with van der Waals surface area (Å²) in [5, 5.41) is 13.9. The van der Waals surface area contributed by atoms with Gasteiger partial charge in [0.15, 0.2) is 23.4 Å². The van der Waals surface area contributed by atoms with Crippen molar-refractivity contribution in [3.63, 3.8) is 0 Å². The van der Waals surface area contributed by atoms with Crippen LogP contribution in [0.25, 0.3) is 0 Å². The molecule has 0 saturated carbocycles. The maximum Gasteiger partial charge on any atom is 0.312 e. The third-order valence-corrected chi connectivity index (χ3v) is 3.67. The zero-order chi connectivity index (χ0) is 18.0. The highest BCUT2D eigenvalue weighted by Crippen LogP contribution is 2.34. The van der Waals surface area contributed by atoms with E-state index in [4.69, 9.17) is 25.8 Å². The maximum absolute atomic E-state index is 12.3. The summed E-state index contributed by atoms with van der Waals surface area (Å²) in [6.45, 7) is 1.62. The molecule has 25 heavy (non-hydrogen) atoms. The predicted octanol–water partition coefficient (Wildman–Crippen LogP) is 3.38. The van der Waals surface area contributed by atoms with Crippen molar-refractivity contribution in [2.24, 2.45) is 0 Å². The van der Waals surface area contributed by atoms with Crippen molar-refractivity contribution in [3.8, 4) is 17.2 Å². The molecule has 0 radical (unpaired) electrons. The van der Waals surface area contributed by atoms with Gasteiger partial charge in [-0.15, -0.1) is 0 Å². The average molecular weight is 365 g/mol. The number of nitrogens with zero attached hydrogens (tertiary/aromatic N) is 1. The molecule has 0 unspecified atom stereocenters. The minimum absolute atomic E-state index is 0.0391. The van der Waals surface area contributed by atoms with Gasteiger partial charge in [0.05, 0.1) is 4.92 Å². The number of nitro groups is 1. The van der Waals surface area contributed by atoms with Crippen molar-refractivity contribution < 1.29 is 23.9 Å². The summed E-state index contributed by atoms with van der Waals surface area (Å²) in [6, 6.07) is 8.92. The largest absolute Gasteiger partial charge is 0.474 e. The van der Waals surface area contributed by atoms with Gasteiger partial charge < -0.3 is 19.5 Å². The van der Waals surface area contributed by atoms with E-state index < -0.39 is 16.9 Å². The number of nitro benzene ring substituents is 1. The first-order chi connectivity index (χ1) is 11.9. The lowest BCUT2D eigenvalue weighted by Gasteiger charge is -2.15. The van der Waals surface area contributed by atoms with Gasteiger partial charge in [0, 0.05) is 22.8 Å².